The van der Waals surface area contributed by atoms with Gasteiger partial charge in [0, 0.05) is 25.9 Å². The zero-order valence-corrected chi connectivity index (χ0v) is 15.8. The SMILES string of the molecule is COCCCN1C(=O)N=C2C=CC=CC2/C1=N/C(=O)Nc1ccc(OC)cc1. The summed E-state index contributed by atoms with van der Waals surface area (Å²) < 4.78 is 10.2. The number of nitrogens with zero attached hydrogens (tertiary/aromatic N) is 3. The summed E-state index contributed by atoms with van der Waals surface area (Å²) in [7, 11) is 3.17. The number of hydrogen-bond donors (Lipinski definition) is 1. The quantitative estimate of drug-likeness (QED) is 0.764. The first-order chi connectivity index (χ1) is 13.6. The Morgan fingerprint density at radius 1 is 1.25 bits per heavy atom. The molecule has 8 nitrogen and oxygen atoms in total. The maximum Gasteiger partial charge on any atom is 0.349 e. The molecular formula is C20H22N4O4. The minimum Gasteiger partial charge on any atom is -0.497 e. The van der Waals surface area contributed by atoms with Crippen LogP contribution in [0.4, 0.5) is 15.3 Å². The minimum atomic E-state index is -0.561. The number of carbonyl (C=O) groups is 2. The van der Waals surface area contributed by atoms with E-state index in [9.17, 15) is 9.59 Å². The smallest absolute Gasteiger partial charge is 0.349 e. The van der Waals surface area contributed by atoms with E-state index in [2.05, 4.69) is 15.3 Å². The normalized spacial score (nSPS) is 19.4. The lowest BCUT2D eigenvalue weighted by Gasteiger charge is -2.31. The van der Waals surface area contributed by atoms with E-state index in [4.69, 9.17) is 9.47 Å². The number of benzene rings is 1. The first-order valence-electron chi connectivity index (χ1n) is 8.90. The largest absolute Gasteiger partial charge is 0.497 e. The van der Waals surface area contributed by atoms with Gasteiger partial charge in [0.25, 0.3) is 0 Å². The Kier molecular flexibility index (Phi) is 6.33. The molecule has 0 spiro atoms. The second-order valence-corrected chi connectivity index (χ2v) is 6.17. The highest BCUT2D eigenvalue weighted by atomic mass is 16.5. The molecule has 1 aliphatic carbocycles. The Hall–Kier alpha value is -3.26. The summed E-state index contributed by atoms with van der Waals surface area (Å²) in [4.78, 5) is 34.8. The maximum absolute atomic E-state index is 12.5. The Bertz CT molecular complexity index is 855. The fourth-order valence-corrected chi connectivity index (χ4v) is 2.93. The molecule has 2 aliphatic rings. The van der Waals surface area contributed by atoms with Crippen molar-refractivity contribution in [3.05, 3.63) is 48.6 Å². The van der Waals surface area contributed by atoms with Crippen LogP contribution in [0.5, 0.6) is 5.75 Å². The Morgan fingerprint density at radius 2 is 2.04 bits per heavy atom. The molecule has 8 heteroatoms. The maximum atomic E-state index is 12.5. The van der Waals surface area contributed by atoms with Gasteiger partial charge in [0.05, 0.1) is 18.7 Å². The molecule has 0 saturated heterocycles. The molecule has 1 aromatic rings. The van der Waals surface area contributed by atoms with E-state index >= 15 is 0 Å². The van der Waals surface area contributed by atoms with Crippen molar-refractivity contribution in [1.82, 2.24) is 4.90 Å². The van der Waals surface area contributed by atoms with Crippen molar-refractivity contribution < 1.29 is 19.1 Å². The first-order valence-corrected chi connectivity index (χ1v) is 8.90. The monoisotopic (exact) mass is 382 g/mol. The predicted molar refractivity (Wildman–Crippen MR) is 107 cm³/mol. The number of urea groups is 2. The lowest BCUT2D eigenvalue weighted by atomic mass is 9.94. The summed E-state index contributed by atoms with van der Waals surface area (Å²) in [5, 5.41) is 2.71. The summed E-state index contributed by atoms with van der Waals surface area (Å²) in [5.41, 5.74) is 1.16. The number of nitrogens with one attached hydrogen (secondary N) is 1. The average Bonchev–Trinajstić information content (AvgIpc) is 2.70. The third kappa shape index (κ3) is 4.52. The highest BCUT2D eigenvalue weighted by molar-refractivity contribution is 6.24. The van der Waals surface area contributed by atoms with Gasteiger partial charge < -0.3 is 14.8 Å². The van der Waals surface area contributed by atoms with E-state index < -0.39 is 12.1 Å². The van der Waals surface area contributed by atoms with E-state index in [-0.39, 0.29) is 5.92 Å². The fraction of sp³-hybridized carbons (Fsp3) is 0.300. The van der Waals surface area contributed by atoms with Crippen LogP contribution in [0.25, 0.3) is 0 Å². The number of carbonyl (C=O) groups excluding carboxylic acids is 2. The lowest BCUT2D eigenvalue weighted by molar-refractivity contribution is 0.184. The minimum absolute atomic E-state index is 0.341. The summed E-state index contributed by atoms with van der Waals surface area (Å²) in [6.45, 7) is 0.859. The summed E-state index contributed by atoms with van der Waals surface area (Å²) in [6.07, 6.45) is 7.89. The highest BCUT2D eigenvalue weighted by Crippen LogP contribution is 2.22. The van der Waals surface area contributed by atoms with Crippen LogP contribution in [0.3, 0.4) is 0 Å². The molecule has 0 fully saturated rings. The van der Waals surface area contributed by atoms with E-state index in [1.165, 1.54) is 4.90 Å². The van der Waals surface area contributed by atoms with Crippen LogP contribution >= 0.6 is 0 Å². The number of ether oxygens (including phenoxy) is 2. The second-order valence-electron chi connectivity index (χ2n) is 6.17. The molecule has 0 radical (unpaired) electrons. The van der Waals surface area contributed by atoms with Crippen molar-refractivity contribution in [3.8, 4) is 5.75 Å². The van der Waals surface area contributed by atoms with E-state index in [0.717, 1.165) is 0 Å². The number of amidine groups is 1. The third-order valence-electron chi connectivity index (χ3n) is 4.30. The van der Waals surface area contributed by atoms with Gasteiger partial charge in [-0.1, -0.05) is 18.2 Å². The molecule has 28 heavy (non-hydrogen) atoms. The van der Waals surface area contributed by atoms with Gasteiger partial charge in [0.15, 0.2) is 0 Å². The van der Waals surface area contributed by atoms with Crippen LogP contribution in [0.1, 0.15) is 6.42 Å². The Labute approximate surface area is 163 Å². The van der Waals surface area contributed by atoms with Crippen LogP contribution in [-0.2, 0) is 4.74 Å². The van der Waals surface area contributed by atoms with Gasteiger partial charge in [-0.3, -0.25) is 4.90 Å². The summed E-state index contributed by atoms with van der Waals surface area (Å²) >= 11 is 0. The second kappa shape index (κ2) is 9.09. The topological polar surface area (TPSA) is 92.6 Å². The average molecular weight is 382 g/mol. The molecule has 1 unspecified atom stereocenters. The molecule has 1 heterocycles. The number of fused-ring (bicyclic) bond motifs is 1. The molecule has 1 N–H and O–H groups in total. The van der Waals surface area contributed by atoms with Gasteiger partial charge in [-0.15, -0.1) is 0 Å². The number of allylic oxidation sites excluding steroid dienone is 3. The molecule has 3 rings (SSSR count). The van der Waals surface area contributed by atoms with Crippen molar-refractivity contribution in [2.24, 2.45) is 15.9 Å². The fourth-order valence-electron chi connectivity index (χ4n) is 2.93. The van der Waals surface area contributed by atoms with Crippen molar-refractivity contribution >= 4 is 29.3 Å². The van der Waals surface area contributed by atoms with Crippen molar-refractivity contribution in [3.63, 3.8) is 0 Å². The zero-order valence-electron chi connectivity index (χ0n) is 15.8. The standard InChI is InChI=1S/C20H22N4O4/c1-27-13-5-12-24-18(16-6-3-4-7-17(16)22-20(24)26)23-19(25)21-14-8-10-15(28-2)11-9-14/h3-4,6-11,16H,5,12-13H2,1-2H3,(H,21,25)/b23-18-. The van der Waals surface area contributed by atoms with Crippen LogP contribution < -0.4 is 10.1 Å². The van der Waals surface area contributed by atoms with Gasteiger partial charge in [-0.2, -0.15) is 9.98 Å². The number of anilines is 1. The van der Waals surface area contributed by atoms with Gasteiger partial charge >= 0.3 is 12.1 Å². The molecule has 1 aliphatic heterocycles. The van der Waals surface area contributed by atoms with Crippen molar-refractivity contribution in [1.29, 1.82) is 0 Å². The van der Waals surface area contributed by atoms with Crippen LogP contribution in [0.15, 0.2) is 58.6 Å². The van der Waals surface area contributed by atoms with Crippen molar-refractivity contribution in [2.45, 2.75) is 6.42 Å². The summed E-state index contributed by atoms with van der Waals surface area (Å²) in [6, 6.07) is 5.92. The molecule has 146 valence electrons. The van der Waals surface area contributed by atoms with E-state index in [0.29, 0.717) is 42.6 Å². The van der Waals surface area contributed by atoms with Gasteiger partial charge in [0.2, 0.25) is 0 Å². The lowest BCUT2D eigenvalue weighted by Crippen LogP contribution is -2.47. The molecule has 0 bridgehead atoms. The molecule has 4 amide bonds. The number of aliphatic imine (C=N–C) groups is 2. The molecule has 1 atom stereocenters. The summed E-state index contributed by atoms with van der Waals surface area (Å²) in [5.74, 6) is 0.705. The number of hydrogen-bond acceptors (Lipinski definition) is 4. The highest BCUT2D eigenvalue weighted by Gasteiger charge is 2.34. The van der Waals surface area contributed by atoms with Crippen molar-refractivity contribution in [2.75, 3.05) is 32.7 Å². The van der Waals surface area contributed by atoms with E-state index in [1.807, 2.05) is 12.2 Å². The number of rotatable bonds is 6. The Morgan fingerprint density at radius 3 is 2.75 bits per heavy atom. The predicted octanol–water partition coefficient (Wildman–Crippen LogP) is 3.28. The van der Waals surface area contributed by atoms with E-state index in [1.54, 1.807) is 50.6 Å². The van der Waals surface area contributed by atoms with Crippen LogP contribution in [0.2, 0.25) is 0 Å². The molecule has 0 aromatic heterocycles. The molecule has 1 aromatic carbocycles. The van der Waals surface area contributed by atoms with Crippen LogP contribution in [0, 0.1) is 5.92 Å². The number of methoxy groups -OCH3 is 2. The molecular weight excluding hydrogens is 360 g/mol. The van der Waals surface area contributed by atoms with Crippen LogP contribution in [-0.4, -0.2) is 55.9 Å². The third-order valence-corrected chi connectivity index (χ3v) is 4.30. The zero-order chi connectivity index (χ0) is 19.9. The number of amides is 4. The van der Waals surface area contributed by atoms with Gasteiger partial charge in [0.1, 0.15) is 11.6 Å². The van der Waals surface area contributed by atoms with Gasteiger partial charge in [-0.05, 0) is 36.8 Å². The Balaban J connectivity index is 1.83. The first kappa shape index (κ1) is 19.5. The van der Waals surface area contributed by atoms with Gasteiger partial charge in [-0.25, -0.2) is 9.59 Å². The molecule has 0 saturated carbocycles.